The zero-order valence-electron chi connectivity index (χ0n) is 9.22. The highest BCUT2D eigenvalue weighted by Gasteiger charge is 2.20. The molecular weight excluding hydrogens is 284 g/mol. The fraction of sp³-hybridized carbons (Fsp3) is 0.444. The number of carbonyl (C=O) groups excluding carboxylic acids is 1. The number of nitrogens with zero attached hydrogens (tertiary/aromatic N) is 1. The third-order valence-electron chi connectivity index (χ3n) is 1.86. The maximum Gasteiger partial charge on any atom is 0.299 e. The Balaban J connectivity index is 2.47. The van der Waals surface area contributed by atoms with Crippen molar-refractivity contribution in [2.75, 3.05) is 26.4 Å². The number of hydrogen-bond acceptors (Lipinski definition) is 6. The van der Waals surface area contributed by atoms with E-state index in [1.54, 1.807) is 0 Å². The molecule has 0 saturated heterocycles. The fourth-order valence-electron chi connectivity index (χ4n) is 1.09. The average molecular weight is 295 g/mol. The van der Waals surface area contributed by atoms with Gasteiger partial charge in [-0.05, 0) is 0 Å². The molecule has 1 aromatic heterocycles. The first-order valence-electron chi connectivity index (χ1n) is 4.96. The van der Waals surface area contributed by atoms with Crippen LogP contribution >= 0.6 is 22.9 Å². The molecular formula is C9H11ClN2O5S. The Bertz CT molecular complexity index is 437. The van der Waals surface area contributed by atoms with Gasteiger partial charge in [0.15, 0.2) is 4.34 Å². The standard InChI is InChI=1S/C9H11ClN2O5S/c10-8-6(12(15)16)5-7(18-8)9(14)11-1-3-17-4-2-13/h5,13H,1-4H2,(H,11,14). The Labute approximate surface area is 111 Å². The second-order valence-corrected chi connectivity index (χ2v) is 4.77. The van der Waals surface area contributed by atoms with Gasteiger partial charge in [0, 0.05) is 12.6 Å². The number of hydrogen-bond donors (Lipinski definition) is 2. The number of thiophene rings is 1. The van der Waals surface area contributed by atoms with Crippen molar-refractivity contribution in [1.29, 1.82) is 0 Å². The van der Waals surface area contributed by atoms with E-state index in [1.807, 2.05) is 0 Å². The van der Waals surface area contributed by atoms with E-state index in [2.05, 4.69) is 5.32 Å². The first kappa shape index (κ1) is 14.8. The summed E-state index contributed by atoms with van der Waals surface area (Å²) in [6.07, 6.45) is 0. The molecule has 0 fully saturated rings. The summed E-state index contributed by atoms with van der Waals surface area (Å²) in [6, 6.07) is 1.14. The lowest BCUT2D eigenvalue weighted by molar-refractivity contribution is -0.384. The van der Waals surface area contributed by atoms with Crippen LogP contribution in [0.5, 0.6) is 0 Å². The molecule has 0 unspecified atom stereocenters. The van der Waals surface area contributed by atoms with Crippen LogP contribution in [0.15, 0.2) is 6.07 Å². The van der Waals surface area contributed by atoms with Crippen LogP contribution in [0.2, 0.25) is 4.34 Å². The molecule has 0 aliphatic rings. The second kappa shape index (κ2) is 7.27. The van der Waals surface area contributed by atoms with Gasteiger partial charge in [0.25, 0.3) is 11.6 Å². The van der Waals surface area contributed by atoms with Crippen molar-refractivity contribution >= 4 is 34.5 Å². The molecule has 9 heteroatoms. The lowest BCUT2D eigenvalue weighted by Crippen LogP contribution is -2.26. The third-order valence-corrected chi connectivity index (χ3v) is 3.19. The summed E-state index contributed by atoms with van der Waals surface area (Å²) in [4.78, 5) is 21.7. The van der Waals surface area contributed by atoms with Gasteiger partial charge < -0.3 is 15.2 Å². The summed E-state index contributed by atoms with van der Waals surface area (Å²) >= 11 is 6.48. The quantitative estimate of drug-likeness (QED) is 0.444. The molecule has 0 atom stereocenters. The van der Waals surface area contributed by atoms with Crippen LogP contribution in [-0.4, -0.2) is 42.3 Å². The minimum absolute atomic E-state index is 0.0262. The predicted molar refractivity (Wildman–Crippen MR) is 66.2 cm³/mol. The van der Waals surface area contributed by atoms with E-state index in [1.165, 1.54) is 0 Å². The first-order valence-corrected chi connectivity index (χ1v) is 6.16. The number of aliphatic hydroxyl groups is 1. The summed E-state index contributed by atoms with van der Waals surface area (Å²) in [6.45, 7) is 0.627. The molecule has 0 aliphatic carbocycles. The molecule has 0 radical (unpaired) electrons. The molecule has 2 N–H and O–H groups in total. The van der Waals surface area contributed by atoms with E-state index in [4.69, 9.17) is 21.4 Å². The van der Waals surface area contributed by atoms with Crippen molar-refractivity contribution in [2.24, 2.45) is 0 Å². The van der Waals surface area contributed by atoms with Gasteiger partial charge in [-0.2, -0.15) is 0 Å². The number of aliphatic hydroxyl groups excluding tert-OH is 1. The van der Waals surface area contributed by atoms with Gasteiger partial charge in [0.2, 0.25) is 0 Å². The summed E-state index contributed by atoms with van der Waals surface area (Å²) < 4.78 is 4.91. The molecule has 7 nitrogen and oxygen atoms in total. The Morgan fingerprint density at radius 2 is 2.33 bits per heavy atom. The molecule has 100 valence electrons. The number of halogens is 1. The van der Waals surface area contributed by atoms with Gasteiger partial charge in [0.1, 0.15) is 4.88 Å². The number of amides is 1. The molecule has 1 amide bonds. The van der Waals surface area contributed by atoms with Gasteiger partial charge in [-0.1, -0.05) is 11.6 Å². The van der Waals surface area contributed by atoms with E-state index in [0.29, 0.717) is 0 Å². The summed E-state index contributed by atoms with van der Waals surface area (Å²) in [5.74, 6) is -0.442. The lowest BCUT2D eigenvalue weighted by Gasteiger charge is -2.03. The highest BCUT2D eigenvalue weighted by Crippen LogP contribution is 2.33. The minimum Gasteiger partial charge on any atom is -0.394 e. The van der Waals surface area contributed by atoms with Crippen molar-refractivity contribution in [3.63, 3.8) is 0 Å². The van der Waals surface area contributed by atoms with E-state index >= 15 is 0 Å². The molecule has 0 spiro atoms. The van der Waals surface area contributed by atoms with E-state index in [-0.39, 0.29) is 41.3 Å². The third kappa shape index (κ3) is 4.22. The van der Waals surface area contributed by atoms with Crippen molar-refractivity contribution < 1.29 is 19.6 Å². The van der Waals surface area contributed by atoms with E-state index in [9.17, 15) is 14.9 Å². The minimum atomic E-state index is -0.639. The molecule has 0 bridgehead atoms. The largest absolute Gasteiger partial charge is 0.394 e. The van der Waals surface area contributed by atoms with Crippen LogP contribution < -0.4 is 5.32 Å². The molecule has 0 aromatic carbocycles. The normalized spacial score (nSPS) is 10.3. The van der Waals surface area contributed by atoms with Gasteiger partial charge in [-0.3, -0.25) is 14.9 Å². The van der Waals surface area contributed by atoms with Crippen molar-refractivity contribution in [2.45, 2.75) is 0 Å². The molecule has 0 saturated carbocycles. The van der Waals surface area contributed by atoms with Crippen molar-refractivity contribution in [3.05, 3.63) is 25.4 Å². The van der Waals surface area contributed by atoms with E-state index in [0.717, 1.165) is 17.4 Å². The Kier molecular flexibility index (Phi) is 5.99. The topological polar surface area (TPSA) is 102 Å². The summed E-state index contributed by atoms with van der Waals surface area (Å²) in [5.41, 5.74) is -0.275. The maximum atomic E-state index is 11.6. The molecule has 0 aliphatic heterocycles. The van der Waals surface area contributed by atoms with E-state index < -0.39 is 10.8 Å². The van der Waals surface area contributed by atoms with Gasteiger partial charge in [-0.15, -0.1) is 11.3 Å². The van der Waals surface area contributed by atoms with Crippen LogP contribution in [0.4, 0.5) is 5.69 Å². The molecule has 18 heavy (non-hydrogen) atoms. The van der Waals surface area contributed by atoms with Gasteiger partial charge in [0.05, 0.1) is 24.7 Å². The smallest absolute Gasteiger partial charge is 0.299 e. The Morgan fingerprint density at radius 3 is 2.89 bits per heavy atom. The first-order chi connectivity index (χ1) is 8.56. The molecule has 1 rings (SSSR count). The number of nitrogens with one attached hydrogen (secondary N) is 1. The molecule has 1 heterocycles. The summed E-state index contributed by atoms with van der Waals surface area (Å²) in [7, 11) is 0. The predicted octanol–water partition coefficient (Wildman–Crippen LogP) is 1.05. The zero-order valence-corrected chi connectivity index (χ0v) is 10.8. The van der Waals surface area contributed by atoms with Gasteiger partial charge in [-0.25, -0.2) is 0 Å². The number of rotatable bonds is 7. The maximum absolute atomic E-state index is 11.6. The van der Waals surface area contributed by atoms with Crippen LogP contribution in [0.3, 0.4) is 0 Å². The Morgan fingerprint density at radius 1 is 1.61 bits per heavy atom. The zero-order chi connectivity index (χ0) is 13.5. The average Bonchev–Trinajstić information content (AvgIpc) is 2.71. The van der Waals surface area contributed by atoms with Crippen molar-refractivity contribution in [1.82, 2.24) is 5.32 Å². The fourth-order valence-corrected chi connectivity index (χ4v) is 2.23. The number of ether oxygens (including phenoxy) is 1. The highest BCUT2D eigenvalue weighted by molar-refractivity contribution is 7.18. The van der Waals surface area contributed by atoms with Crippen LogP contribution in [0, 0.1) is 10.1 Å². The SMILES string of the molecule is O=C(NCCOCCO)c1cc([N+](=O)[O-])c(Cl)s1. The van der Waals surface area contributed by atoms with Crippen LogP contribution in [-0.2, 0) is 4.74 Å². The van der Waals surface area contributed by atoms with Crippen LogP contribution in [0.25, 0.3) is 0 Å². The monoisotopic (exact) mass is 294 g/mol. The van der Waals surface area contributed by atoms with Gasteiger partial charge >= 0.3 is 0 Å². The number of carbonyl (C=O) groups is 1. The molecule has 1 aromatic rings. The lowest BCUT2D eigenvalue weighted by atomic mass is 10.4. The van der Waals surface area contributed by atoms with Crippen LogP contribution in [0.1, 0.15) is 9.67 Å². The highest BCUT2D eigenvalue weighted by atomic mass is 35.5. The second-order valence-electron chi connectivity index (χ2n) is 3.12. The van der Waals surface area contributed by atoms with Crippen molar-refractivity contribution in [3.8, 4) is 0 Å². The number of nitro groups is 1. The summed E-state index contributed by atoms with van der Waals surface area (Å²) in [5, 5.41) is 21.5. The Hall–Kier alpha value is -1.22.